The van der Waals surface area contributed by atoms with Crippen molar-refractivity contribution in [3.63, 3.8) is 0 Å². The first-order valence-corrected chi connectivity index (χ1v) is 11.7. The minimum absolute atomic E-state index is 0.0305. The van der Waals surface area contributed by atoms with Crippen LogP contribution in [-0.4, -0.2) is 42.2 Å². The Morgan fingerprint density at radius 1 is 0.718 bits per heavy atom. The highest BCUT2D eigenvalue weighted by Gasteiger charge is 2.55. The molecule has 4 aromatic rings. The number of Topliss-reactive ketones (excluding diaryl/α,β-unsaturated/α-hetero) is 1. The maximum Gasteiger partial charge on any atom is 0.207 e. The number of aliphatic hydroxyl groups is 1. The number of fused-ring (bicyclic) bond motifs is 1. The third-order valence-electron chi connectivity index (χ3n) is 6.48. The van der Waals surface area contributed by atoms with Gasteiger partial charge in [0.1, 0.15) is 34.5 Å². The molecule has 0 aliphatic carbocycles. The number of ketones is 2. The van der Waals surface area contributed by atoms with Crippen LogP contribution < -0.4 is 4.74 Å². The second-order valence-electron chi connectivity index (χ2n) is 9.04. The van der Waals surface area contributed by atoms with Crippen LogP contribution in [0.2, 0.25) is 0 Å². The molecular formula is C30H22O9. The molecule has 1 heterocycles. The van der Waals surface area contributed by atoms with E-state index in [4.69, 9.17) is 4.74 Å². The second kappa shape index (κ2) is 9.55. The number of aromatic hydroxyl groups is 5. The van der Waals surface area contributed by atoms with E-state index in [1.165, 1.54) is 72.8 Å². The van der Waals surface area contributed by atoms with Crippen LogP contribution in [0.15, 0.2) is 84.9 Å². The van der Waals surface area contributed by atoms with Crippen molar-refractivity contribution in [1.29, 1.82) is 0 Å². The van der Waals surface area contributed by atoms with E-state index in [9.17, 15) is 40.2 Å². The van der Waals surface area contributed by atoms with Gasteiger partial charge >= 0.3 is 0 Å². The van der Waals surface area contributed by atoms with Crippen molar-refractivity contribution in [3.05, 3.63) is 113 Å². The zero-order valence-corrected chi connectivity index (χ0v) is 20.1. The molecule has 9 heteroatoms. The number of ether oxygens (including phenoxy) is 1. The van der Waals surface area contributed by atoms with Crippen LogP contribution in [0, 0.1) is 0 Å². The van der Waals surface area contributed by atoms with Crippen LogP contribution in [0.4, 0.5) is 0 Å². The molecule has 0 spiro atoms. The van der Waals surface area contributed by atoms with Gasteiger partial charge in [-0.1, -0.05) is 24.3 Å². The predicted octanol–water partition coefficient (Wildman–Crippen LogP) is 4.31. The summed E-state index contributed by atoms with van der Waals surface area (Å²) in [5, 5.41) is 61.2. The number of hydrogen-bond acceptors (Lipinski definition) is 9. The van der Waals surface area contributed by atoms with Gasteiger partial charge in [0.05, 0.1) is 11.1 Å². The lowest BCUT2D eigenvalue weighted by atomic mass is 9.79. The zero-order valence-electron chi connectivity index (χ0n) is 20.1. The summed E-state index contributed by atoms with van der Waals surface area (Å²) in [6.45, 7) is 0. The maximum absolute atomic E-state index is 13.8. The van der Waals surface area contributed by atoms with Gasteiger partial charge in [0.25, 0.3) is 0 Å². The number of rotatable bonds is 6. The predicted molar refractivity (Wildman–Crippen MR) is 139 cm³/mol. The number of carbonyl (C=O) groups is 2. The first-order valence-electron chi connectivity index (χ1n) is 11.7. The monoisotopic (exact) mass is 526 g/mol. The summed E-state index contributed by atoms with van der Waals surface area (Å²) in [5.74, 6) is -2.70. The van der Waals surface area contributed by atoms with Crippen molar-refractivity contribution in [2.24, 2.45) is 0 Å². The topological polar surface area (TPSA) is 165 Å². The SMILES string of the molecule is O=C(C=Cc1ccc2c(c1)C(O)(C(=O)c1ccc(O)cc1O)C(c1ccc(O)cc1)O2)c1ccc(O)cc1O. The smallest absolute Gasteiger partial charge is 0.207 e. The van der Waals surface area contributed by atoms with E-state index >= 15 is 0 Å². The molecule has 0 bridgehead atoms. The highest BCUT2D eigenvalue weighted by atomic mass is 16.5. The largest absolute Gasteiger partial charge is 0.508 e. The van der Waals surface area contributed by atoms with Gasteiger partial charge in [-0.15, -0.1) is 0 Å². The molecule has 0 amide bonds. The van der Waals surface area contributed by atoms with Crippen LogP contribution in [0.25, 0.3) is 6.08 Å². The van der Waals surface area contributed by atoms with E-state index in [0.717, 1.165) is 12.1 Å². The molecule has 6 N–H and O–H groups in total. The van der Waals surface area contributed by atoms with Crippen molar-refractivity contribution in [2.75, 3.05) is 0 Å². The van der Waals surface area contributed by atoms with E-state index in [1.54, 1.807) is 6.07 Å². The number of phenols is 5. The molecule has 2 unspecified atom stereocenters. The normalized spacial score (nSPS) is 18.0. The van der Waals surface area contributed by atoms with Crippen LogP contribution in [0.5, 0.6) is 34.5 Å². The van der Waals surface area contributed by atoms with Crippen molar-refractivity contribution in [2.45, 2.75) is 11.7 Å². The summed E-state index contributed by atoms with van der Waals surface area (Å²) in [4.78, 5) is 26.4. The fourth-order valence-corrected chi connectivity index (χ4v) is 4.51. The molecule has 39 heavy (non-hydrogen) atoms. The second-order valence-corrected chi connectivity index (χ2v) is 9.04. The average Bonchev–Trinajstić information content (AvgIpc) is 3.20. The number of benzene rings is 4. The van der Waals surface area contributed by atoms with Crippen LogP contribution in [-0.2, 0) is 5.60 Å². The summed E-state index contributed by atoms with van der Waals surface area (Å²) in [6.07, 6.45) is 1.35. The number of hydrogen-bond donors (Lipinski definition) is 6. The molecule has 9 nitrogen and oxygen atoms in total. The molecule has 0 aromatic heterocycles. The third kappa shape index (κ3) is 4.51. The van der Waals surface area contributed by atoms with Gasteiger partial charge in [0.15, 0.2) is 17.5 Å². The van der Waals surface area contributed by atoms with E-state index in [-0.39, 0.29) is 39.7 Å². The lowest BCUT2D eigenvalue weighted by Gasteiger charge is -2.28. The van der Waals surface area contributed by atoms with Gasteiger partial charge in [0, 0.05) is 17.7 Å². The Bertz CT molecular complexity index is 1640. The fourth-order valence-electron chi connectivity index (χ4n) is 4.51. The Hall–Kier alpha value is -5.28. The third-order valence-corrected chi connectivity index (χ3v) is 6.48. The lowest BCUT2D eigenvalue weighted by Crippen LogP contribution is -2.40. The Kier molecular flexibility index (Phi) is 6.21. The van der Waals surface area contributed by atoms with Gasteiger partial charge in [-0.3, -0.25) is 9.59 Å². The van der Waals surface area contributed by atoms with E-state index in [2.05, 4.69) is 0 Å². The van der Waals surface area contributed by atoms with Crippen LogP contribution in [0.3, 0.4) is 0 Å². The number of allylic oxidation sites excluding steroid dienone is 1. The minimum Gasteiger partial charge on any atom is -0.508 e. The van der Waals surface area contributed by atoms with Crippen molar-refractivity contribution in [1.82, 2.24) is 0 Å². The quantitative estimate of drug-likeness (QED) is 0.159. The summed E-state index contributed by atoms with van der Waals surface area (Å²) < 4.78 is 6.00. The first kappa shape index (κ1) is 25.4. The molecule has 1 aliphatic heterocycles. The lowest BCUT2D eigenvalue weighted by molar-refractivity contribution is -0.0216. The van der Waals surface area contributed by atoms with Gasteiger partial charge in [-0.05, 0) is 65.7 Å². The minimum atomic E-state index is -2.34. The fraction of sp³-hybridized carbons (Fsp3) is 0.0667. The number of carbonyl (C=O) groups excluding carboxylic acids is 2. The Morgan fingerprint density at radius 3 is 1.92 bits per heavy atom. The molecule has 196 valence electrons. The Balaban J connectivity index is 1.57. The van der Waals surface area contributed by atoms with Crippen LogP contribution in [0.1, 0.15) is 43.5 Å². The van der Waals surface area contributed by atoms with Gasteiger partial charge in [-0.25, -0.2) is 0 Å². The first-order chi connectivity index (χ1) is 18.6. The average molecular weight is 526 g/mol. The van der Waals surface area contributed by atoms with Crippen molar-refractivity contribution in [3.8, 4) is 34.5 Å². The highest BCUT2D eigenvalue weighted by Crippen LogP contribution is 2.51. The molecule has 0 saturated carbocycles. The van der Waals surface area contributed by atoms with Gasteiger partial charge < -0.3 is 35.4 Å². The molecule has 4 aromatic carbocycles. The number of phenolic OH excluding ortho intramolecular Hbond substituents is 5. The Labute approximate surface area is 221 Å². The molecule has 5 rings (SSSR count). The highest BCUT2D eigenvalue weighted by molar-refractivity contribution is 6.09. The van der Waals surface area contributed by atoms with E-state index in [1.807, 2.05) is 0 Å². The van der Waals surface area contributed by atoms with Crippen molar-refractivity contribution < 1.29 is 45.0 Å². The van der Waals surface area contributed by atoms with Gasteiger partial charge in [-0.2, -0.15) is 0 Å². The molecule has 0 fully saturated rings. The summed E-state index contributed by atoms with van der Waals surface area (Å²) >= 11 is 0. The molecular weight excluding hydrogens is 504 g/mol. The molecule has 2 atom stereocenters. The van der Waals surface area contributed by atoms with Crippen LogP contribution >= 0.6 is 0 Å². The van der Waals surface area contributed by atoms with Gasteiger partial charge in [0.2, 0.25) is 5.78 Å². The maximum atomic E-state index is 13.8. The standard InChI is InChI=1S/C30H22O9/c31-18-5-3-17(4-6-18)29-30(38,28(37)22-10-8-20(33)15-26(22)36)23-13-16(2-12-27(23)39-29)1-11-24(34)21-9-7-19(32)14-25(21)35/h1-15,29,31-33,35-36,38H. The summed E-state index contributed by atoms with van der Waals surface area (Å²) in [6, 6.07) is 17.3. The molecule has 0 saturated heterocycles. The summed E-state index contributed by atoms with van der Waals surface area (Å²) in [7, 11) is 0. The molecule has 1 aliphatic rings. The van der Waals surface area contributed by atoms with E-state index in [0.29, 0.717) is 11.1 Å². The van der Waals surface area contributed by atoms with E-state index < -0.39 is 34.8 Å². The zero-order chi connectivity index (χ0) is 27.9. The summed E-state index contributed by atoms with van der Waals surface area (Å²) in [5.41, 5.74) is -1.78. The molecule has 0 radical (unpaired) electrons. The Morgan fingerprint density at radius 2 is 1.31 bits per heavy atom. The van der Waals surface area contributed by atoms with Crippen molar-refractivity contribution >= 4 is 17.6 Å².